The fourth-order valence-electron chi connectivity index (χ4n) is 1.25. The summed E-state index contributed by atoms with van der Waals surface area (Å²) >= 11 is 0. The van der Waals surface area contributed by atoms with Gasteiger partial charge in [0.15, 0.2) is 0 Å². The van der Waals surface area contributed by atoms with Gasteiger partial charge in [-0.2, -0.15) is 13.2 Å². The Labute approximate surface area is 88.4 Å². The van der Waals surface area contributed by atoms with Crippen molar-refractivity contribution in [2.24, 2.45) is 5.73 Å². The summed E-state index contributed by atoms with van der Waals surface area (Å²) in [5, 5.41) is 0. The van der Waals surface area contributed by atoms with Gasteiger partial charge in [0.25, 0.3) is 0 Å². The molecule has 1 atom stereocenters. The number of rotatable bonds is 7. The van der Waals surface area contributed by atoms with Crippen LogP contribution in [-0.2, 0) is 4.74 Å². The Morgan fingerprint density at radius 1 is 1.40 bits per heavy atom. The molecule has 0 radical (unpaired) electrons. The number of hydrogen-bond donors (Lipinski definition) is 1. The maximum Gasteiger partial charge on any atom is 0.401 e. The molecule has 0 aliphatic heterocycles. The molecule has 0 aromatic carbocycles. The van der Waals surface area contributed by atoms with Gasteiger partial charge in [0, 0.05) is 26.3 Å². The topological polar surface area (TPSA) is 38.5 Å². The molecule has 0 rings (SSSR count). The summed E-state index contributed by atoms with van der Waals surface area (Å²) in [6, 6.07) is -0.271. The lowest BCUT2D eigenvalue weighted by molar-refractivity contribution is -0.145. The van der Waals surface area contributed by atoms with Crippen LogP contribution in [0.25, 0.3) is 0 Å². The highest BCUT2D eigenvalue weighted by atomic mass is 19.4. The van der Waals surface area contributed by atoms with E-state index in [1.165, 1.54) is 4.90 Å². The second-order valence-electron chi connectivity index (χ2n) is 3.48. The SMILES string of the molecule is CCN(CC(N)CCOC)CC(F)(F)F. The highest BCUT2D eigenvalue weighted by Gasteiger charge is 2.30. The van der Waals surface area contributed by atoms with Gasteiger partial charge >= 0.3 is 6.18 Å². The van der Waals surface area contributed by atoms with Crippen molar-refractivity contribution in [2.75, 3.05) is 33.4 Å². The number of methoxy groups -OCH3 is 1. The highest BCUT2D eigenvalue weighted by Crippen LogP contribution is 2.16. The first-order chi connectivity index (χ1) is 6.89. The molecule has 0 fully saturated rings. The van der Waals surface area contributed by atoms with Gasteiger partial charge in [0.2, 0.25) is 0 Å². The predicted molar refractivity (Wildman–Crippen MR) is 52.6 cm³/mol. The number of hydrogen-bond acceptors (Lipinski definition) is 3. The van der Waals surface area contributed by atoms with Crippen LogP contribution in [0, 0.1) is 0 Å². The lowest BCUT2D eigenvalue weighted by atomic mass is 10.2. The summed E-state index contributed by atoms with van der Waals surface area (Å²) in [5.74, 6) is 0. The van der Waals surface area contributed by atoms with Crippen LogP contribution in [0.4, 0.5) is 13.2 Å². The fraction of sp³-hybridized carbons (Fsp3) is 1.00. The van der Waals surface area contributed by atoms with Crippen LogP contribution in [0.3, 0.4) is 0 Å². The van der Waals surface area contributed by atoms with E-state index in [1.54, 1.807) is 14.0 Å². The van der Waals surface area contributed by atoms with Crippen molar-refractivity contribution in [2.45, 2.75) is 25.6 Å². The van der Waals surface area contributed by atoms with E-state index in [0.717, 1.165) is 0 Å². The maximum atomic E-state index is 12.1. The summed E-state index contributed by atoms with van der Waals surface area (Å²) in [5.41, 5.74) is 5.67. The standard InChI is InChI=1S/C9H19F3N2O/c1-3-14(7-9(10,11)12)6-8(13)4-5-15-2/h8H,3-7,13H2,1-2H3. The summed E-state index contributed by atoms with van der Waals surface area (Å²) in [6.07, 6.45) is -3.58. The monoisotopic (exact) mass is 228 g/mol. The zero-order valence-corrected chi connectivity index (χ0v) is 9.18. The number of ether oxygens (including phenoxy) is 1. The van der Waals surface area contributed by atoms with E-state index in [1.807, 2.05) is 0 Å². The van der Waals surface area contributed by atoms with Crippen LogP contribution in [-0.4, -0.2) is 50.5 Å². The second-order valence-corrected chi connectivity index (χ2v) is 3.48. The number of alkyl halides is 3. The largest absolute Gasteiger partial charge is 0.401 e. The third kappa shape index (κ3) is 8.65. The van der Waals surface area contributed by atoms with Gasteiger partial charge in [0.1, 0.15) is 0 Å². The van der Waals surface area contributed by atoms with Crippen LogP contribution >= 0.6 is 0 Å². The quantitative estimate of drug-likeness (QED) is 0.712. The van der Waals surface area contributed by atoms with E-state index in [-0.39, 0.29) is 12.6 Å². The van der Waals surface area contributed by atoms with Gasteiger partial charge in [-0.3, -0.25) is 4.90 Å². The molecule has 1 unspecified atom stereocenters. The molecule has 0 aromatic rings. The highest BCUT2D eigenvalue weighted by molar-refractivity contribution is 4.69. The van der Waals surface area contributed by atoms with Crippen LogP contribution < -0.4 is 5.73 Å². The molecule has 92 valence electrons. The zero-order valence-electron chi connectivity index (χ0n) is 9.18. The molecule has 2 N–H and O–H groups in total. The second kappa shape index (κ2) is 7.03. The molecule has 0 aromatic heterocycles. The molecule has 0 bridgehead atoms. The number of nitrogens with zero attached hydrogens (tertiary/aromatic N) is 1. The minimum Gasteiger partial charge on any atom is -0.385 e. The Morgan fingerprint density at radius 2 is 2.00 bits per heavy atom. The molecule has 3 nitrogen and oxygen atoms in total. The number of nitrogens with two attached hydrogens (primary N) is 1. The number of likely N-dealkylation sites (N-methyl/N-ethyl adjacent to an activating group) is 1. The van der Waals surface area contributed by atoms with Gasteiger partial charge in [-0.05, 0) is 13.0 Å². The Bertz CT molecular complexity index is 164. The van der Waals surface area contributed by atoms with Gasteiger partial charge < -0.3 is 10.5 Å². The molecular formula is C9H19F3N2O. The average molecular weight is 228 g/mol. The molecule has 0 aliphatic rings. The van der Waals surface area contributed by atoms with Crippen LogP contribution in [0.15, 0.2) is 0 Å². The lowest BCUT2D eigenvalue weighted by Gasteiger charge is -2.25. The van der Waals surface area contributed by atoms with Crippen molar-refractivity contribution in [1.29, 1.82) is 0 Å². The van der Waals surface area contributed by atoms with E-state index < -0.39 is 12.7 Å². The maximum absolute atomic E-state index is 12.1. The summed E-state index contributed by atoms with van der Waals surface area (Å²) in [7, 11) is 1.54. The lowest BCUT2D eigenvalue weighted by Crippen LogP contribution is -2.42. The first-order valence-corrected chi connectivity index (χ1v) is 4.92. The van der Waals surface area contributed by atoms with E-state index in [2.05, 4.69) is 0 Å². The first-order valence-electron chi connectivity index (χ1n) is 4.92. The van der Waals surface area contributed by atoms with E-state index in [9.17, 15) is 13.2 Å². The van der Waals surface area contributed by atoms with Crippen LogP contribution in [0.5, 0.6) is 0 Å². The molecule has 0 amide bonds. The molecule has 0 saturated heterocycles. The minimum atomic E-state index is -4.16. The molecule has 0 heterocycles. The Balaban J connectivity index is 3.87. The van der Waals surface area contributed by atoms with Crippen molar-refractivity contribution in [1.82, 2.24) is 4.90 Å². The van der Waals surface area contributed by atoms with E-state index >= 15 is 0 Å². The Hall–Kier alpha value is -0.330. The normalized spacial score (nSPS) is 14.6. The molecule has 0 aliphatic carbocycles. The van der Waals surface area contributed by atoms with E-state index in [4.69, 9.17) is 10.5 Å². The van der Waals surface area contributed by atoms with Gasteiger partial charge in [-0.15, -0.1) is 0 Å². The van der Waals surface area contributed by atoms with Gasteiger partial charge in [0.05, 0.1) is 6.54 Å². The molecule has 0 spiro atoms. The molecular weight excluding hydrogens is 209 g/mol. The van der Waals surface area contributed by atoms with Gasteiger partial charge in [-0.1, -0.05) is 6.92 Å². The smallest absolute Gasteiger partial charge is 0.385 e. The van der Waals surface area contributed by atoms with Crippen molar-refractivity contribution in [3.8, 4) is 0 Å². The summed E-state index contributed by atoms with van der Waals surface area (Å²) < 4.78 is 41.1. The van der Waals surface area contributed by atoms with Gasteiger partial charge in [-0.25, -0.2) is 0 Å². The third-order valence-corrected chi connectivity index (χ3v) is 2.04. The molecule has 6 heteroatoms. The third-order valence-electron chi connectivity index (χ3n) is 2.04. The minimum absolute atomic E-state index is 0.249. The number of halogens is 3. The zero-order chi connectivity index (χ0) is 11.9. The van der Waals surface area contributed by atoms with Crippen molar-refractivity contribution >= 4 is 0 Å². The fourth-order valence-corrected chi connectivity index (χ4v) is 1.25. The van der Waals surface area contributed by atoms with Crippen molar-refractivity contribution < 1.29 is 17.9 Å². The first kappa shape index (κ1) is 14.7. The predicted octanol–water partition coefficient (Wildman–Crippen LogP) is 1.23. The Morgan fingerprint density at radius 3 is 2.40 bits per heavy atom. The molecule has 0 saturated carbocycles. The summed E-state index contributed by atoms with van der Waals surface area (Å²) in [6.45, 7) is 1.86. The summed E-state index contributed by atoms with van der Waals surface area (Å²) in [4.78, 5) is 1.29. The Kier molecular flexibility index (Phi) is 6.87. The van der Waals surface area contributed by atoms with Crippen molar-refractivity contribution in [3.05, 3.63) is 0 Å². The van der Waals surface area contributed by atoms with Crippen LogP contribution in [0.1, 0.15) is 13.3 Å². The van der Waals surface area contributed by atoms with Crippen LogP contribution in [0.2, 0.25) is 0 Å². The van der Waals surface area contributed by atoms with Crippen molar-refractivity contribution in [3.63, 3.8) is 0 Å². The molecule has 15 heavy (non-hydrogen) atoms. The van der Waals surface area contributed by atoms with E-state index in [0.29, 0.717) is 19.6 Å². The average Bonchev–Trinajstić information content (AvgIpc) is 2.11.